The minimum atomic E-state index is -0.538. The van der Waals surface area contributed by atoms with E-state index in [0.29, 0.717) is 13.1 Å². The van der Waals surface area contributed by atoms with Crippen LogP contribution in [0.25, 0.3) is 10.9 Å². The molecule has 0 fully saturated rings. The molecule has 0 radical (unpaired) electrons. The van der Waals surface area contributed by atoms with Gasteiger partial charge in [0.1, 0.15) is 5.82 Å². The number of nitrogens with zero attached hydrogens (tertiary/aromatic N) is 1. The van der Waals surface area contributed by atoms with Crippen LogP contribution in [0.15, 0.2) is 90.0 Å². The largest absolute Gasteiger partial charge is 0.350 e. The zero-order valence-corrected chi connectivity index (χ0v) is 18.1. The molecule has 0 aliphatic carbocycles. The van der Waals surface area contributed by atoms with Crippen molar-refractivity contribution in [3.8, 4) is 0 Å². The summed E-state index contributed by atoms with van der Waals surface area (Å²) >= 11 is 1.47. The number of anilines is 1. The summed E-state index contributed by atoms with van der Waals surface area (Å²) in [6.07, 6.45) is 1.99. The number of aromatic nitrogens is 1. The van der Waals surface area contributed by atoms with E-state index < -0.39 is 11.7 Å². The van der Waals surface area contributed by atoms with E-state index in [-0.39, 0.29) is 17.2 Å². The summed E-state index contributed by atoms with van der Waals surface area (Å²) < 4.78 is 15.8. The highest BCUT2D eigenvalue weighted by atomic mass is 32.2. The Bertz CT molecular complexity index is 1240. The van der Waals surface area contributed by atoms with Gasteiger partial charge in [0.25, 0.3) is 5.91 Å². The summed E-state index contributed by atoms with van der Waals surface area (Å²) in [5.41, 5.74) is 1.82. The Morgan fingerprint density at radius 1 is 0.906 bits per heavy atom. The van der Waals surface area contributed by atoms with Crippen molar-refractivity contribution < 1.29 is 14.0 Å². The fourth-order valence-corrected chi connectivity index (χ4v) is 4.29. The van der Waals surface area contributed by atoms with Crippen LogP contribution in [0.2, 0.25) is 0 Å². The monoisotopic (exact) mass is 447 g/mol. The van der Waals surface area contributed by atoms with E-state index >= 15 is 0 Å². The molecule has 2 amide bonds. The van der Waals surface area contributed by atoms with E-state index in [9.17, 15) is 14.0 Å². The maximum absolute atomic E-state index is 13.8. The number of para-hydroxylation sites is 2. The predicted molar refractivity (Wildman–Crippen MR) is 126 cm³/mol. The van der Waals surface area contributed by atoms with E-state index in [4.69, 9.17) is 0 Å². The molecule has 162 valence electrons. The first kappa shape index (κ1) is 21.6. The lowest BCUT2D eigenvalue weighted by molar-refractivity contribution is -0.113. The quantitative estimate of drug-likeness (QED) is 0.376. The second-order valence-corrected chi connectivity index (χ2v) is 8.16. The molecule has 3 aromatic carbocycles. The number of amides is 2. The Morgan fingerprint density at radius 2 is 1.62 bits per heavy atom. The Kier molecular flexibility index (Phi) is 6.87. The number of thioether (sulfide) groups is 1. The number of halogens is 1. The van der Waals surface area contributed by atoms with Crippen LogP contribution in [0, 0.1) is 5.82 Å². The molecule has 1 heterocycles. The van der Waals surface area contributed by atoms with Crippen molar-refractivity contribution in [3.63, 3.8) is 0 Å². The van der Waals surface area contributed by atoms with Crippen LogP contribution in [0.3, 0.4) is 0 Å². The maximum atomic E-state index is 13.8. The molecule has 5 nitrogen and oxygen atoms in total. The third kappa shape index (κ3) is 5.18. The van der Waals surface area contributed by atoms with Gasteiger partial charge in [-0.3, -0.25) is 9.59 Å². The molecule has 2 N–H and O–H groups in total. The van der Waals surface area contributed by atoms with Gasteiger partial charge < -0.3 is 15.2 Å². The lowest BCUT2D eigenvalue weighted by Gasteiger charge is -2.08. The van der Waals surface area contributed by atoms with Gasteiger partial charge in [0.05, 0.1) is 11.3 Å². The first-order valence-corrected chi connectivity index (χ1v) is 11.2. The molecular weight excluding hydrogens is 425 g/mol. The van der Waals surface area contributed by atoms with Crippen molar-refractivity contribution in [1.82, 2.24) is 9.88 Å². The van der Waals surface area contributed by atoms with Crippen LogP contribution in [-0.2, 0) is 11.3 Å². The molecule has 0 spiro atoms. The number of hydrogen-bond donors (Lipinski definition) is 2. The molecule has 32 heavy (non-hydrogen) atoms. The van der Waals surface area contributed by atoms with E-state index in [1.165, 1.54) is 23.9 Å². The van der Waals surface area contributed by atoms with Crippen LogP contribution in [0.1, 0.15) is 10.4 Å². The summed E-state index contributed by atoms with van der Waals surface area (Å²) in [5, 5.41) is 6.70. The summed E-state index contributed by atoms with van der Waals surface area (Å²) in [6.45, 7) is 0.877. The molecule has 4 rings (SSSR count). The average Bonchev–Trinajstić information content (AvgIpc) is 3.16. The van der Waals surface area contributed by atoms with E-state index in [2.05, 4.69) is 10.6 Å². The summed E-state index contributed by atoms with van der Waals surface area (Å²) in [4.78, 5) is 25.6. The van der Waals surface area contributed by atoms with Gasteiger partial charge in [0.15, 0.2) is 0 Å². The molecular formula is C25H22FN3O2S. The third-order valence-corrected chi connectivity index (χ3v) is 5.97. The summed E-state index contributed by atoms with van der Waals surface area (Å²) in [6, 6.07) is 23.2. The molecule has 0 atom stereocenters. The standard InChI is InChI=1S/C25H22FN3O2S/c26-21-12-6-4-10-19(21)25(31)27-14-15-29-16-23(20-11-5-7-13-22(20)29)32-17-24(30)28-18-8-2-1-3-9-18/h1-13,16H,14-15,17H2,(H,27,31)(H,28,30). The first-order chi connectivity index (χ1) is 15.6. The molecule has 0 aliphatic heterocycles. The van der Waals surface area contributed by atoms with Gasteiger partial charge in [-0.05, 0) is 30.3 Å². The predicted octanol–water partition coefficient (Wildman–Crippen LogP) is 4.94. The summed E-state index contributed by atoms with van der Waals surface area (Å²) in [7, 11) is 0. The minimum Gasteiger partial charge on any atom is -0.350 e. The maximum Gasteiger partial charge on any atom is 0.254 e. The van der Waals surface area contributed by atoms with Crippen LogP contribution in [0.4, 0.5) is 10.1 Å². The van der Waals surface area contributed by atoms with E-state index in [1.54, 1.807) is 12.1 Å². The Balaban J connectivity index is 1.39. The highest BCUT2D eigenvalue weighted by Gasteiger charge is 2.13. The normalized spacial score (nSPS) is 10.8. The SMILES string of the molecule is O=C(CSc1cn(CCNC(=O)c2ccccc2F)c2ccccc12)Nc1ccccc1. The molecule has 0 aliphatic rings. The number of benzene rings is 3. The fourth-order valence-electron chi connectivity index (χ4n) is 3.41. The van der Waals surface area contributed by atoms with Crippen LogP contribution in [-0.4, -0.2) is 28.7 Å². The van der Waals surface area contributed by atoms with Crippen LogP contribution in [0.5, 0.6) is 0 Å². The number of hydrogen-bond acceptors (Lipinski definition) is 3. The second-order valence-electron chi connectivity index (χ2n) is 7.14. The number of fused-ring (bicyclic) bond motifs is 1. The summed E-state index contributed by atoms with van der Waals surface area (Å²) in [5.74, 6) is -0.766. The topological polar surface area (TPSA) is 63.1 Å². The van der Waals surface area contributed by atoms with E-state index in [0.717, 1.165) is 21.5 Å². The Labute approximate surface area is 189 Å². The van der Waals surface area contributed by atoms with Crippen molar-refractivity contribution in [2.24, 2.45) is 0 Å². The van der Waals surface area contributed by atoms with Gasteiger partial charge in [-0.15, -0.1) is 11.8 Å². The van der Waals surface area contributed by atoms with Crippen molar-refractivity contribution >= 4 is 40.2 Å². The van der Waals surface area contributed by atoms with Crippen molar-refractivity contribution in [3.05, 3.63) is 96.4 Å². The minimum absolute atomic E-state index is 0.0329. The van der Waals surface area contributed by atoms with Gasteiger partial charge in [0.2, 0.25) is 5.91 Å². The second kappa shape index (κ2) is 10.2. The molecule has 0 saturated heterocycles. The van der Waals surface area contributed by atoms with Crippen LogP contribution < -0.4 is 10.6 Å². The van der Waals surface area contributed by atoms with E-state index in [1.807, 2.05) is 65.4 Å². The van der Waals surface area contributed by atoms with Crippen molar-refractivity contribution in [2.45, 2.75) is 11.4 Å². The van der Waals surface area contributed by atoms with Gasteiger partial charge in [-0.2, -0.15) is 0 Å². The number of rotatable bonds is 8. The van der Waals surface area contributed by atoms with Crippen molar-refractivity contribution in [1.29, 1.82) is 0 Å². The number of carbonyl (C=O) groups is 2. The molecule has 0 saturated carbocycles. The van der Waals surface area contributed by atoms with Gasteiger partial charge in [-0.25, -0.2) is 4.39 Å². The highest BCUT2D eigenvalue weighted by Crippen LogP contribution is 2.30. The zero-order chi connectivity index (χ0) is 22.3. The van der Waals surface area contributed by atoms with Gasteiger partial charge in [0, 0.05) is 40.8 Å². The molecule has 1 aromatic heterocycles. The lowest BCUT2D eigenvalue weighted by atomic mass is 10.2. The lowest BCUT2D eigenvalue weighted by Crippen LogP contribution is -2.27. The zero-order valence-electron chi connectivity index (χ0n) is 17.3. The highest BCUT2D eigenvalue weighted by molar-refractivity contribution is 8.00. The Hall–Kier alpha value is -3.58. The number of carbonyl (C=O) groups excluding carboxylic acids is 2. The molecule has 7 heteroatoms. The number of nitrogens with one attached hydrogen (secondary N) is 2. The van der Waals surface area contributed by atoms with Gasteiger partial charge >= 0.3 is 0 Å². The fraction of sp³-hybridized carbons (Fsp3) is 0.120. The molecule has 4 aromatic rings. The van der Waals surface area contributed by atoms with Crippen LogP contribution >= 0.6 is 11.8 Å². The molecule has 0 unspecified atom stereocenters. The van der Waals surface area contributed by atoms with Gasteiger partial charge in [-0.1, -0.05) is 48.5 Å². The Morgan fingerprint density at radius 3 is 2.44 bits per heavy atom. The average molecular weight is 448 g/mol. The molecule has 0 bridgehead atoms. The first-order valence-electron chi connectivity index (χ1n) is 10.2. The van der Waals surface area contributed by atoms with Crippen molar-refractivity contribution in [2.75, 3.05) is 17.6 Å². The smallest absolute Gasteiger partial charge is 0.254 e. The third-order valence-electron chi connectivity index (χ3n) is 4.93.